The van der Waals surface area contributed by atoms with Crippen LogP contribution >= 0.6 is 22.6 Å². The SMILES string of the molecule is N=C(N)N1CCC[C@H](CNC(=O)[C@@H](Cc2ccc([N+](=O)[O-])cc2)NS(=O)(=O)c2ccc(I)cc2)C1.O=S(O)O. The average molecular weight is 697 g/mol. The number of likely N-dealkylation sites (tertiary alicyclic amines) is 1. The largest absolute Gasteiger partial charge is 0.370 e. The topological polar surface area (TPSA) is 229 Å². The summed E-state index contributed by atoms with van der Waals surface area (Å²) >= 11 is -0.543. The first-order valence-corrected chi connectivity index (χ1v) is 15.1. The van der Waals surface area contributed by atoms with Crippen LogP contribution in [-0.2, 0) is 32.6 Å². The molecule has 1 heterocycles. The van der Waals surface area contributed by atoms with Crippen molar-refractivity contribution in [3.05, 3.63) is 67.8 Å². The number of carbonyl (C=O) groups is 1. The van der Waals surface area contributed by atoms with E-state index in [0.717, 1.165) is 16.4 Å². The van der Waals surface area contributed by atoms with Gasteiger partial charge < -0.3 is 16.0 Å². The van der Waals surface area contributed by atoms with E-state index in [1.54, 1.807) is 17.0 Å². The van der Waals surface area contributed by atoms with Crippen LogP contribution in [0.2, 0.25) is 0 Å². The highest BCUT2D eigenvalue weighted by molar-refractivity contribution is 14.1. The Bertz CT molecular complexity index is 1270. The first-order valence-electron chi connectivity index (χ1n) is 11.5. The van der Waals surface area contributed by atoms with Gasteiger partial charge in [0.25, 0.3) is 17.0 Å². The molecule has 214 valence electrons. The minimum atomic E-state index is -4.00. The van der Waals surface area contributed by atoms with Crippen molar-refractivity contribution in [2.24, 2.45) is 11.7 Å². The lowest BCUT2D eigenvalue weighted by molar-refractivity contribution is -0.384. The molecule has 2 atom stereocenters. The number of nitro benzene ring substituents is 1. The standard InChI is InChI=1S/C22H27IN6O5S.H2O3S/c23-17-5-9-19(10-6-17)35(33,34)27-20(12-15-3-7-18(8-4-15)29(31)32)21(30)26-13-16-2-1-11-28(14-16)22(24)25;1-4(2)3/h3-10,16,20,27H,1-2,11-14H2,(H3,24,25)(H,26,30);(H2,1,2,3)/t16-,20-;/m1./s1. The lowest BCUT2D eigenvalue weighted by atomic mass is 9.98. The Morgan fingerprint density at radius 1 is 1.23 bits per heavy atom. The van der Waals surface area contributed by atoms with Crippen LogP contribution in [0.5, 0.6) is 0 Å². The number of piperidine rings is 1. The highest BCUT2D eigenvalue weighted by Gasteiger charge is 2.28. The molecule has 1 amide bonds. The Morgan fingerprint density at radius 2 is 1.82 bits per heavy atom. The highest BCUT2D eigenvalue weighted by Crippen LogP contribution is 2.18. The van der Waals surface area contributed by atoms with Crippen LogP contribution in [0.25, 0.3) is 0 Å². The van der Waals surface area contributed by atoms with E-state index in [9.17, 15) is 23.3 Å². The van der Waals surface area contributed by atoms with Crippen LogP contribution in [0.3, 0.4) is 0 Å². The number of non-ortho nitro benzene ring substituents is 1. The number of guanidine groups is 1. The number of nitrogens with two attached hydrogens (primary N) is 1. The van der Waals surface area contributed by atoms with Gasteiger partial charge in [-0.1, -0.05) is 12.1 Å². The second kappa shape index (κ2) is 15.2. The maximum atomic E-state index is 13.1. The number of hydrogen-bond acceptors (Lipinski definition) is 7. The van der Waals surface area contributed by atoms with Crippen molar-refractivity contribution in [3.8, 4) is 0 Å². The van der Waals surface area contributed by atoms with Gasteiger partial charge in [0, 0.05) is 35.3 Å². The molecule has 1 aliphatic rings. The Hall–Kier alpha value is -2.71. The van der Waals surface area contributed by atoms with Crippen LogP contribution in [-0.4, -0.2) is 69.1 Å². The molecule has 0 radical (unpaired) electrons. The van der Waals surface area contributed by atoms with Crippen molar-refractivity contribution in [3.63, 3.8) is 0 Å². The van der Waals surface area contributed by atoms with Gasteiger partial charge in [-0.05, 0) is 77.6 Å². The van der Waals surface area contributed by atoms with Gasteiger partial charge in [0.2, 0.25) is 15.9 Å². The second-order valence-corrected chi connectivity index (χ2v) is 12.0. The molecule has 0 spiro atoms. The van der Waals surface area contributed by atoms with Gasteiger partial charge in [-0.2, -0.15) is 8.93 Å². The summed E-state index contributed by atoms with van der Waals surface area (Å²) in [5, 5.41) is 21.4. The Morgan fingerprint density at radius 3 is 2.36 bits per heavy atom. The Kier molecular flexibility index (Phi) is 12.6. The zero-order valence-corrected chi connectivity index (χ0v) is 24.3. The average Bonchev–Trinajstić information content (AvgIpc) is 2.87. The molecule has 3 rings (SSSR count). The number of nitrogens with zero attached hydrogens (tertiary/aromatic N) is 2. The molecular formula is C22H29IN6O8S2. The molecule has 14 nitrogen and oxygen atoms in total. The van der Waals surface area contributed by atoms with Gasteiger partial charge in [0.05, 0.1) is 9.82 Å². The molecule has 0 unspecified atom stereocenters. The number of rotatable bonds is 9. The summed E-state index contributed by atoms with van der Waals surface area (Å²) in [5.74, 6) is -0.441. The van der Waals surface area contributed by atoms with Crippen LogP contribution in [0.15, 0.2) is 53.4 Å². The van der Waals surface area contributed by atoms with Gasteiger partial charge in [-0.25, -0.2) is 8.42 Å². The molecule has 0 aliphatic carbocycles. The van der Waals surface area contributed by atoms with Gasteiger partial charge in [-0.3, -0.25) is 29.4 Å². The lowest BCUT2D eigenvalue weighted by Crippen LogP contribution is -2.51. The van der Waals surface area contributed by atoms with Crippen molar-refractivity contribution in [1.82, 2.24) is 14.9 Å². The normalized spacial score (nSPS) is 16.1. The fourth-order valence-electron chi connectivity index (χ4n) is 3.87. The molecule has 2 aromatic carbocycles. The summed E-state index contributed by atoms with van der Waals surface area (Å²) in [6.07, 6.45) is 1.70. The molecule has 1 aliphatic heterocycles. The number of sulfonamides is 1. The van der Waals surface area contributed by atoms with E-state index in [2.05, 4.69) is 32.6 Å². The van der Waals surface area contributed by atoms with E-state index in [-0.39, 0.29) is 28.9 Å². The molecule has 7 N–H and O–H groups in total. The van der Waals surface area contributed by atoms with Crippen LogP contribution in [0.1, 0.15) is 18.4 Å². The van der Waals surface area contributed by atoms with Crippen molar-refractivity contribution in [2.45, 2.75) is 30.2 Å². The minimum Gasteiger partial charge on any atom is -0.370 e. The number of amides is 1. The van der Waals surface area contributed by atoms with E-state index >= 15 is 0 Å². The predicted molar refractivity (Wildman–Crippen MR) is 153 cm³/mol. The third-order valence-electron chi connectivity index (χ3n) is 5.75. The smallest absolute Gasteiger partial charge is 0.299 e. The zero-order valence-electron chi connectivity index (χ0n) is 20.5. The summed E-state index contributed by atoms with van der Waals surface area (Å²) in [7, 11) is -4.00. The molecular weight excluding hydrogens is 667 g/mol. The molecule has 1 fully saturated rings. The summed E-state index contributed by atoms with van der Waals surface area (Å²) < 4.78 is 52.2. The van der Waals surface area contributed by atoms with E-state index in [1.807, 2.05) is 0 Å². The van der Waals surface area contributed by atoms with Crippen LogP contribution in [0.4, 0.5) is 5.69 Å². The van der Waals surface area contributed by atoms with E-state index in [4.69, 9.17) is 24.5 Å². The van der Waals surface area contributed by atoms with Gasteiger partial charge in [-0.15, -0.1) is 0 Å². The number of nitro groups is 1. The van der Waals surface area contributed by atoms with Gasteiger partial charge in [0.15, 0.2) is 5.96 Å². The third kappa shape index (κ3) is 11.1. The number of hydrogen-bond donors (Lipinski definition) is 6. The molecule has 1 saturated heterocycles. The summed E-state index contributed by atoms with van der Waals surface area (Å²) in [6, 6.07) is 10.7. The van der Waals surface area contributed by atoms with Crippen LogP contribution in [0, 0.1) is 25.0 Å². The predicted octanol–water partition coefficient (Wildman–Crippen LogP) is 1.49. The Balaban J connectivity index is 0.00000124. The van der Waals surface area contributed by atoms with Crippen molar-refractivity contribution >= 4 is 61.5 Å². The van der Waals surface area contributed by atoms with E-state index in [0.29, 0.717) is 25.2 Å². The number of carbonyl (C=O) groups excluding carboxylic acids is 1. The molecule has 39 heavy (non-hydrogen) atoms. The maximum Gasteiger partial charge on any atom is 0.299 e. The monoisotopic (exact) mass is 696 g/mol. The van der Waals surface area contributed by atoms with Crippen molar-refractivity contribution in [1.29, 1.82) is 5.41 Å². The number of halogens is 1. The number of benzene rings is 2. The zero-order chi connectivity index (χ0) is 29.2. The molecule has 0 bridgehead atoms. The lowest BCUT2D eigenvalue weighted by Gasteiger charge is -2.33. The number of nitrogens with one attached hydrogen (secondary N) is 3. The first kappa shape index (κ1) is 32.5. The van der Waals surface area contributed by atoms with Crippen molar-refractivity contribution < 1.29 is 31.5 Å². The maximum absolute atomic E-state index is 13.1. The van der Waals surface area contributed by atoms with Crippen molar-refractivity contribution in [2.75, 3.05) is 19.6 Å². The Labute approximate surface area is 241 Å². The highest BCUT2D eigenvalue weighted by atomic mass is 127. The summed E-state index contributed by atoms with van der Waals surface area (Å²) in [5.41, 5.74) is 6.06. The minimum absolute atomic E-state index is 0.0116. The summed E-state index contributed by atoms with van der Waals surface area (Å²) in [6.45, 7) is 1.54. The van der Waals surface area contributed by atoms with E-state index in [1.165, 1.54) is 36.4 Å². The third-order valence-corrected chi connectivity index (χ3v) is 7.96. The summed E-state index contributed by atoms with van der Waals surface area (Å²) in [4.78, 5) is 25.3. The first-order chi connectivity index (χ1) is 18.3. The second-order valence-electron chi connectivity index (χ2n) is 8.57. The molecule has 2 aromatic rings. The fraction of sp³-hybridized carbons (Fsp3) is 0.364. The van der Waals surface area contributed by atoms with Crippen LogP contribution < -0.4 is 15.8 Å². The van der Waals surface area contributed by atoms with Gasteiger partial charge in [0.1, 0.15) is 6.04 Å². The quantitative estimate of drug-likeness (QED) is 0.0553. The van der Waals surface area contributed by atoms with Gasteiger partial charge >= 0.3 is 0 Å². The van der Waals surface area contributed by atoms with E-state index < -0.39 is 38.3 Å². The molecule has 17 heteroatoms. The fourth-order valence-corrected chi connectivity index (χ4v) is 5.42. The molecule has 0 saturated carbocycles. The molecule has 0 aromatic heterocycles.